The average Bonchev–Trinajstić information content (AvgIpc) is 2.95. The molecule has 2 unspecified atom stereocenters. The van der Waals surface area contributed by atoms with Crippen molar-refractivity contribution in [2.75, 3.05) is 26.7 Å². The first-order valence-corrected chi connectivity index (χ1v) is 8.22. The Labute approximate surface area is 129 Å². The molecule has 0 saturated heterocycles. The number of benzene rings is 1. The van der Waals surface area contributed by atoms with E-state index in [0.29, 0.717) is 12.0 Å². The standard InChI is InChI=1S/C18H30N2O/c1-14-8-9-15(2)18(12-14)21-11-5-10-20(3)17-7-4-6-16(17)13-19/h8-9,12,16-17H,4-7,10-11,13,19H2,1-3H3. The maximum Gasteiger partial charge on any atom is 0.122 e. The monoisotopic (exact) mass is 290 g/mol. The van der Waals surface area contributed by atoms with Crippen molar-refractivity contribution in [1.29, 1.82) is 0 Å². The molecular weight excluding hydrogens is 260 g/mol. The number of ether oxygens (including phenoxy) is 1. The quantitative estimate of drug-likeness (QED) is 0.784. The Kier molecular flexibility index (Phi) is 6.07. The van der Waals surface area contributed by atoms with E-state index in [-0.39, 0.29) is 0 Å². The van der Waals surface area contributed by atoms with Gasteiger partial charge in [0.05, 0.1) is 6.61 Å². The highest BCUT2D eigenvalue weighted by Crippen LogP contribution is 2.28. The van der Waals surface area contributed by atoms with Crippen molar-refractivity contribution in [3.8, 4) is 5.75 Å². The van der Waals surface area contributed by atoms with Gasteiger partial charge in [-0.05, 0) is 69.8 Å². The van der Waals surface area contributed by atoms with Crippen LogP contribution in [-0.4, -0.2) is 37.7 Å². The minimum atomic E-state index is 0.677. The molecule has 3 heteroatoms. The van der Waals surface area contributed by atoms with Crippen LogP contribution in [0.2, 0.25) is 0 Å². The maximum atomic E-state index is 5.93. The fraction of sp³-hybridized carbons (Fsp3) is 0.667. The summed E-state index contributed by atoms with van der Waals surface area (Å²) in [6.07, 6.45) is 4.99. The van der Waals surface area contributed by atoms with E-state index in [4.69, 9.17) is 10.5 Å². The molecule has 1 aliphatic carbocycles. The number of nitrogens with zero attached hydrogens (tertiary/aromatic N) is 1. The summed E-state index contributed by atoms with van der Waals surface area (Å²) < 4.78 is 5.93. The van der Waals surface area contributed by atoms with E-state index in [9.17, 15) is 0 Å². The highest BCUT2D eigenvalue weighted by atomic mass is 16.5. The van der Waals surface area contributed by atoms with Crippen molar-refractivity contribution in [1.82, 2.24) is 4.90 Å². The highest BCUT2D eigenvalue weighted by molar-refractivity contribution is 5.35. The molecule has 21 heavy (non-hydrogen) atoms. The van der Waals surface area contributed by atoms with Crippen LogP contribution >= 0.6 is 0 Å². The predicted octanol–water partition coefficient (Wildman–Crippen LogP) is 3.13. The summed E-state index contributed by atoms with van der Waals surface area (Å²) >= 11 is 0. The summed E-state index contributed by atoms with van der Waals surface area (Å²) in [6, 6.07) is 7.06. The Hall–Kier alpha value is -1.06. The second-order valence-corrected chi connectivity index (χ2v) is 6.45. The summed E-state index contributed by atoms with van der Waals surface area (Å²) in [5.74, 6) is 1.72. The van der Waals surface area contributed by atoms with E-state index in [1.807, 2.05) is 0 Å². The molecule has 0 amide bonds. The number of hydrogen-bond donors (Lipinski definition) is 1. The first-order valence-electron chi connectivity index (χ1n) is 8.22. The minimum Gasteiger partial charge on any atom is -0.493 e. The molecule has 118 valence electrons. The molecule has 2 N–H and O–H groups in total. The van der Waals surface area contributed by atoms with Gasteiger partial charge in [0.25, 0.3) is 0 Å². The van der Waals surface area contributed by atoms with Gasteiger partial charge in [-0.15, -0.1) is 0 Å². The van der Waals surface area contributed by atoms with Gasteiger partial charge in [-0.2, -0.15) is 0 Å². The SMILES string of the molecule is Cc1ccc(C)c(OCCCN(C)C2CCCC2CN)c1. The molecule has 1 aromatic rings. The lowest BCUT2D eigenvalue weighted by molar-refractivity contribution is 0.183. The van der Waals surface area contributed by atoms with Gasteiger partial charge in [0.2, 0.25) is 0 Å². The van der Waals surface area contributed by atoms with Gasteiger partial charge in [0, 0.05) is 12.6 Å². The van der Waals surface area contributed by atoms with Crippen LogP contribution in [0.5, 0.6) is 5.75 Å². The van der Waals surface area contributed by atoms with Crippen LogP contribution in [0, 0.1) is 19.8 Å². The maximum absolute atomic E-state index is 5.93. The minimum absolute atomic E-state index is 0.677. The van der Waals surface area contributed by atoms with Crippen LogP contribution in [0.25, 0.3) is 0 Å². The van der Waals surface area contributed by atoms with E-state index in [1.165, 1.54) is 30.4 Å². The Bertz CT molecular complexity index is 447. The molecule has 2 rings (SSSR count). The molecular formula is C18H30N2O. The van der Waals surface area contributed by atoms with Crippen LogP contribution in [-0.2, 0) is 0 Å². The third-order valence-electron chi connectivity index (χ3n) is 4.74. The Balaban J connectivity index is 1.73. The Morgan fingerprint density at radius 1 is 1.29 bits per heavy atom. The van der Waals surface area contributed by atoms with Crippen molar-refractivity contribution < 1.29 is 4.74 Å². The third kappa shape index (κ3) is 4.45. The van der Waals surface area contributed by atoms with Gasteiger partial charge in [-0.25, -0.2) is 0 Å². The lowest BCUT2D eigenvalue weighted by Crippen LogP contribution is -2.38. The predicted molar refractivity (Wildman–Crippen MR) is 88.8 cm³/mol. The lowest BCUT2D eigenvalue weighted by atomic mass is 10.0. The van der Waals surface area contributed by atoms with Crippen molar-refractivity contribution >= 4 is 0 Å². The largest absolute Gasteiger partial charge is 0.493 e. The molecule has 0 spiro atoms. The lowest BCUT2D eigenvalue weighted by Gasteiger charge is -2.29. The zero-order chi connectivity index (χ0) is 15.2. The molecule has 2 atom stereocenters. The van der Waals surface area contributed by atoms with Gasteiger partial charge in [0.15, 0.2) is 0 Å². The highest BCUT2D eigenvalue weighted by Gasteiger charge is 2.28. The third-order valence-corrected chi connectivity index (χ3v) is 4.74. The summed E-state index contributed by atoms with van der Waals surface area (Å²) in [7, 11) is 2.23. The number of rotatable bonds is 7. The fourth-order valence-corrected chi connectivity index (χ4v) is 3.40. The number of aryl methyl sites for hydroxylation is 2. The molecule has 3 nitrogen and oxygen atoms in total. The zero-order valence-corrected chi connectivity index (χ0v) is 13.8. The van der Waals surface area contributed by atoms with Gasteiger partial charge < -0.3 is 15.4 Å². The molecule has 0 bridgehead atoms. The van der Waals surface area contributed by atoms with Crippen LogP contribution in [0.4, 0.5) is 0 Å². The molecule has 0 radical (unpaired) electrons. The molecule has 1 aromatic carbocycles. The normalized spacial score (nSPS) is 22.0. The fourth-order valence-electron chi connectivity index (χ4n) is 3.40. The smallest absolute Gasteiger partial charge is 0.122 e. The topological polar surface area (TPSA) is 38.5 Å². The van der Waals surface area contributed by atoms with Gasteiger partial charge >= 0.3 is 0 Å². The number of nitrogens with two attached hydrogens (primary N) is 1. The van der Waals surface area contributed by atoms with Gasteiger partial charge in [0.1, 0.15) is 5.75 Å². The summed E-state index contributed by atoms with van der Waals surface area (Å²) in [5.41, 5.74) is 8.34. The number of hydrogen-bond acceptors (Lipinski definition) is 3. The molecule has 0 aliphatic heterocycles. The molecule has 0 heterocycles. The van der Waals surface area contributed by atoms with E-state index in [0.717, 1.165) is 31.9 Å². The van der Waals surface area contributed by atoms with E-state index >= 15 is 0 Å². The van der Waals surface area contributed by atoms with E-state index in [1.54, 1.807) is 0 Å². The van der Waals surface area contributed by atoms with E-state index < -0.39 is 0 Å². The van der Waals surface area contributed by atoms with Gasteiger partial charge in [-0.1, -0.05) is 18.6 Å². The molecule has 1 saturated carbocycles. The second-order valence-electron chi connectivity index (χ2n) is 6.45. The van der Waals surface area contributed by atoms with Crippen molar-refractivity contribution in [2.45, 2.75) is 45.6 Å². The van der Waals surface area contributed by atoms with Crippen LogP contribution < -0.4 is 10.5 Å². The first kappa shape index (κ1) is 16.3. The summed E-state index contributed by atoms with van der Waals surface area (Å²) in [4.78, 5) is 2.48. The molecule has 1 fully saturated rings. The Morgan fingerprint density at radius 3 is 2.86 bits per heavy atom. The van der Waals surface area contributed by atoms with Crippen molar-refractivity contribution in [3.63, 3.8) is 0 Å². The Morgan fingerprint density at radius 2 is 2.10 bits per heavy atom. The second kappa shape index (κ2) is 7.81. The summed E-state index contributed by atoms with van der Waals surface area (Å²) in [6.45, 7) is 6.91. The zero-order valence-electron chi connectivity index (χ0n) is 13.8. The van der Waals surface area contributed by atoms with Gasteiger partial charge in [-0.3, -0.25) is 0 Å². The summed E-state index contributed by atoms with van der Waals surface area (Å²) in [5, 5.41) is 0. The van der Waals surface area contributed by atoms with Crippen LogP contribution in [0.3, 0.4) is 0 Å². The van der Waals surface area contributed by atoms with Crippen LogP contribution in [0.15, 0.2) is 18.2 Å². The van der Waals surface area contributed by atoms with E-state index in [2.05, 4.69) is 44.0 Å². The molecule has 1 aliphatic rings. The average molecular weight is 290 g/mol. The van der Waals surface area contributed by atoms with Crippen molar-refractivity contribution in [2.24, 2.45) is 11.7 Å². The van der Waals surface area contributed by atoms with Crippen molar-refractivity contribution in [3.05, 3.63) is 29.3 Å². The van der Waals surface area contributed by atoms with Crippen LogP contribution in [0.1, 0.15) is 36.8 Å². The first-order chi connectivity index (χ1) is 10.1. The molecule has 0 aromatic heterocycles.